The second-order valence-electron chi connectivity index (χ2n) is 8.31. The molecule has 1 amide bonds. The van der Waals surface area contributed by atoms with Crippen LogP contribution in [0.5, 0.6) is 0 Å². The van der Waals surface area contributed by atoms with Gasteiger partial charge in [0.25, 0.3) is 5.91 Å². The van der Waals surface area contributed by atoms with Crippen LogP contribution in [0.25, 0.3) is 22.2 Å². The minimum atomic E-state index is -2.65. The standard InChI is InChI=1S/C25H28N2O3S.C2H6.Y/c1-4-27-22-15-19(25(28)26-31(29)30)11-13-21(22)23(18-8-6-5-7-9-18)24(27)20-12-10-16(2)14-17(20)3;1-2;/h10-15,18H,1,3-9H2,2H3,(H,26,28)(H,29,30);1-2H3;/q-2;;/p-1. The van der Waals surface area contributed by atoms with Gasteiger partial charge in [-0.15, -0.1) is 23.7 Å². The van der Waals surface area contributed by atoms with Gasteiger partial charge in [0.05, 0.1) is 0 Å². The molecule has 7 heteroatoms. The number of nitrogens with zero attached hydrogens (tertiary/aromatic N) is 1. The first-order valence-electron chi connectivity index (χ1n) is 11.7. The van der Waals surface area contributed by atoms with Crippen molar-refractivity contribution < 1.29 is 46.3 Å². The Balaban J connectivity index is 0.00000133. The van der Waals surface area contributed by atoms with E-state index in [1.54, 1.807) is 12.1 Å². The van der Waals surface area contributed by atoms with E-state index in [0.29, 0.717) is 18.0 Å². The number of benzene rings is 2. The summed E-state index contributed by atoms with van der Waals surface area (Å²) in [5.41, 5.74) is 6.83. The Labute approximate surface area is 231 Å². The molecule has 0 aliphatic heterocycles. The Morgan fingerprint density at radius 2 is 1.82 bits per heavy atom. The van der Waals surface area contributed by atoms with Gasteiger partial charge in [0.2, 0.25) is 0 Å². The number of aryl methyl sites for hydroxylation is 1. The number of fused-ring (bicyclic) bond motifs is 1. The monoisotopic (exact) mass is 554 g/mol. The molecule has 34 heavy (non-hydrogen) atoms. The van der Waals surface area contributed by atoms with E-state index >= 15 is 0 Å². The maximum Gasteiger partial charge on any atom is 0.262 e. The molecule has 2 aromatic carbocycles. The molecular weight excluding hydrogens is 521 g/mol. The van der Waals surface area contributed by atoms with Crippen LogP contribution in [0.4, 0.5) is 0 Å². The quantitative estimate of drug-likeness (QED) is 0.300. The summed E-state index contributed by atoms with van der Waals surface area (Å²) >= 11 is -2.65. The first-order valence-corrected chi connectivity index (χ1v) is 12.8. The zero-order valence-corrected chi connectivity index (χ0v) is 24.0. The predicted molar refractivity (Wildman–Crippen MR) is 135 cm³/mol. The molecule has 1 heterocycles. The molecule has 1 fully saturated rings. The van der Waals surface area contributed by atoms with Crippen LogP contribution in [-0.2, 0) is 50.5 Å². The molecule has 0 bridgehead atoms. The fourth-order valence-electron chi connectivity index (χ4n) is 4.93. The van der Waals surface area contributed by atoms with Crippen LogP contribution in [0.1, 0.15) is 78.9 Å². The third-order valence-corrected chi connectivity index (χ3v) is 6.65. The molecule has 1 saturated carbocycles. The SMILES string of the molecule is CC.[CH2-]Cn1c(-c2ccc(C)cc2[CH2-])c(C2CCCCC2)c2ccc(C(=O)NS(=O)[O-])cc21.[Y]. The Hall–Kier alpha value is -1.47. The van der Waals surface area contributed by atoms with Crippen molar-refractivity contribution in [3.8, 4) is 11.3 Å². The van der Waals surface area contributed by atoms with Crippen molar-refractivity contribution in [1.82, 2.24) is 9.29 Å². The predicted octanol–water partition coefficient (Wildman–Crippen LogP) is 6.23. The zero-order valence-electron chi connectivity index (χ0n) is 20.4. The first-order chi connectivity index (χ1) is 15.9. The van der Waals surface area contributed by atoms with Crippen molar-refractivity contribution in [3.63, 3.8) is 0 Å². The summed E-state index contributed by atoms with van der Waals surface area (Å²) in [7, 11) is 0. The Kier molecular flexibility index (Phi) is 11.0. The molecule has 3 aromatic rings. The molecule has 4 rings (SSSR count). The van der Waals surface area contributed by atoms with Crippen LogP contribution < -0.4 is 4.72 Å². The van der Waals surface area contributed by atoms with Gasteiger partial charge in [-0.2, -0.15) is 18.6 Å². The first kappa shape index (κ1) is 28.8. The van der Waals surface area contributed by atoms with Gasteiger partial charge in [0.1, 0.15) is 0 Å². The molecular formula is C27H33N2O3SY-3. The molecule has 0 spiro atoms. The minimum Gasteiger partial charge on any atom is -0.755 e. The molecule has 1 aliphatic rings. The van der Waals surface area contributed by atoms with Gasteiger partial charge in [0.15, 0.2) is 0 Å². The molecule has 5 nitrogen and oxygen atoms in total. The van der Waals surface area contributed by atoms with Gasteiger partial charge in [-0.25, -0.2) is 0 Å². The normalized spacial score (nSPS) is 14.6. The molecule has 1 aliphatic carbocycles. The second-order valence-corrected chi connectivity index (χ2v) is 8.98. The summed E-state index contributed by atoms with van der Waals surface area (Å²) in [6, 6.07) is 11.7. The number of hydrogen-bond acceptors (Lipinski definition) is 3. The van der Waals surface area contributed by atoms with E-state index in [9.17, 15) is 13.6 Å². The topological polar surface area (TPSA) is 74.2 Å². The summed E-state index contributed by atoms with van der Waals surface area (Å²) in [4.78, 5) is 12.3. The van der Waals surface area contributed by atoms with E-state index in [2.05, 4.69) is 43.5 Å². The third kappa shape index (κ3) is 6.02. The van der Waals surface area contributed by atoms with Gasteiger partial charge >= 0.3 is 0 Å². The number of rotatable bonds is 5. The van der Waals surface area contributed by atoms with Crippen molar-refractivity contribution >= 4 is 28.1 Å². The van der Waals surface area contributed by atoms with Gasteiger partial charge in [-0.3, -0.25) is 13.7 Å². The Morgan fingerprint density at radius 3 is 2.41 bits per heavy atom. The van der Waals surface area contributed by atoms with Crippen molar-refractivity contribution in [2.75, 3.05) is 0 Å². The van der Waals surface area contributed by atoms with E-state index < -0.39 is 17.2 Å². The van der Waals surface area contributed by atoms with Crippen LogP contribution in [0.15, 0.2) is 36.4 Å². The summed E-state index contributed by atoms with van der Waals surface area (Å²) in [5.74, 6) is -0.199. The molecule has 1 N–H and O–H groups in total. The van der Waals surface area contributed by atoms with Gasteiger partial charge in [-0.1, -0.05) is 52.2 Å². The summed E-state index contributed by atoms with van der Waals surface area (Å²) in [6.45, 7) is 15.0. The fraction of sp³-hybridized carbons (Fsp3) is 0.370. The fourth-order valence-corrected chi connectivity index (χ4v) is 5.20. The smallest absolute Gasteiger partial charge is 0.262 e. The van der Waals surface area contributed by atoms with E-state index in [0.717, 1.165) is 46.1 Å². The number of carbonyl (C=O) groups excluding carboxylic acids is 1. The summed E-state index contributed by atoms with van der Waals surface area (Å²) in [5, 5.41) is 1.10. The second kappa shape index (κ2) is 13.0. The van der Waals surface area contributed by atoms with Gasteiger partial charge in [-0.05, 0) is 42.1 Å². The van der Waals surface area contributed by atoms with Crippen LogP contribution in [0.2, 0.25) is 0 Å². The summed E-state index contributed by atoms with van der Waals surface area (Å²) < 4.78 is 25.9. The number of nitrogens with one attached hydrogen (secondary N) is 1. The number of hydrogen-bond donors (Lipinski definition) is 1. The largest absolute Gasteiger partial charge is 0.755 e. The molecule has 0 saturated heterocycles. The molecule has 1 radical (unpaired) electrons. The van der Waals surface area contributed by atoms with Gasteiger partial charge < -0.3 is 16.0 Å². The Morgan fingerprint density at radius 1 is 1.15 bits per heavy atom. The molecule has 1 aromatic heterocycles. The average Bonchev–Trinajstić information content (AvgIpc) is 3.13. The third-order valence-electron chi connectivity index (χ3n) is 6.29. The van der Waals surface area contributed by atoms with Crippen molar-refractivity contribution in [1.29, 1.82) is 0 Å². The molecule has 181 valence electrons. The zero-order chi connectivity index (χ0) is 24.1. The van der Waals surface area contributed by atoms with Crippen LogP contribution in [0, 0.1) is 20.8 Å². The van der Waals surface area contributed by atoms with E-state index in [-0.39, 0.29) is 32.7 Å². The van der Waals surface area contributed by atoms with Crippen molar-refractivity contribution in [2.45, 2.75) is 65.3 Å². The molecule has 1 unspecified atom stereocenters. The van der Waals surface area contributed by atoms with E-state index in [1.165, 1.54) is 24.8 Å². The van der Waals surface area contributed by atoms with E-state index in [1.807, 2.05) is 24.6 Å². The number of aromatic nitrogens is 1. The minimum absolute atomic E-state index is 0. The number of carbonyl (C=O) groups is 1. The Bertz CT molecular complexity index is 1170. The van der Waals surface area contributed by atoms with Crippen LogP contribution in [-0.4, -0.2) is 19.2 Å². The van der Waals surface area contributed by atoms with Crippen LogP contribution in [0.3, 0.4) is 0 Å². The van der Waals surface area contributed by atoms with Crippen molar-refractivity contribution in [3.05, 3.63) is 72.5 Å². The summed E-state index contributed by atoms with van der Waals surface area (Å²) in [6.07, 6.45) is 5.96. The van der Waals surface area contributed by atoms with Gasteiger partial charge in [0, 0.05) is 60.4 Å². The van der Waals surface area contributed by atoms with Crippen molar-refractivity contribution in [2.24, 2.45) is 0 Å². The maximum absolute atomic E-state index is 12.3. The number of amides is 1. The molecule has 1 atom stereocenters. The van der Waals surface area contributed by atoms with Crippen LogP contribution >= 0.6 is 0 Å². The van der Waals surface area contributed by atoms with E-state index in [4.69, 9.17) is 0 Å². The average molecular weight is 555 g/mol. The maximum atomic E-state index is 12.3.